The number of rotatable bonds is 8. The maximum atomic E-state index is 12.7. The van der Waals surface area contributed by atoms with Gasteiger partial charge in [-0.05, 0) is 45.2 Å². The summed E-state index contributed by atoms with van der Waals surface area (Å²) < 4.78 is 10.9. The average Bonchev–Trinajstić information content (AvgIpc) is 2.65. The van der Waals surface area contributed by atoms with Gasteiger partial charge in [0.2, 0.25) is 0 Å². The molecule has 1 N–H and O–H groups in total. The molecule has 150 valence electrons. The van der Waals surface area contributed by atoms with Crippen molar-refractivity contribution in [2.24, 2.45) is 0 Å². The average molecular weight is 383 g/mol. The van der Waals surface area contributed by atoms with Gasteiger partial charge in [0.1, 0.15) is 24.3 Å². The molecule has 0 heterocycles. The summed E-state index contributed by atoms with van der Waals surface area (Å²) in [5, 5.41) is 3.07. The molecule has 28 heavy (non-hydrogen) atoms. The summed E-state index contributed by atoms with van der Waals surface area (Å²) in [6.07, 6.45) is 0.423. The number of benzene rings is 2. The lowest BCUT2D eigenvalue weighted by atomic mass is 10.0. The van der Waals surface area contributed by atoms with Crippen LogP contribution in [-0.2, 0) is 32.1 Å². The molecule has 2 aromatic rings. The van der Waals surface area contributed by atoms with E-state index in [0.29, 0.717) is 6.42 Å². The highest BCUT2D eigenvalue weighted by atomic mass is 16.6. The van der Waals surface area contributed by atoms with Crippen molar-refractivity contribution in [3.63, 3.8) is 0 Å². The monoisotopic (exact) mass is 383 g/mol. The van der Waals surface area contributed by atoms with Crippen LogP contribution in [0, 0.1) is 0 Å². The van der Waals surface area contributed by atoms with Crippen LogP contribution in [0.1, 0.15) is 38.8 Å². The van der Waals surface area contributed by atoms with Gasteiger partial charge in [0, 0.05) is 0 Å². The predicted octanol–water partition coefficient (Wildman–Crippen LogP) is 3.66. The summed E-state index contributed by atoms with van der Waals surface area (Å²) >= 11 is 0. The Labute approximate surface area is 167 Å². The van der Waals surface area contributed by atoms with Gasteiger partial charge in [-0.15, -0.1) is 0 Å². The molecule has 0 radical (unpaired) electrons. The van der Waals surface area contributed by atoms with E-state index in [2.05, 4.69) is 5.32 Å². The van der Waals surface area contributed by atoms with Gasteiger partial charge in [0.05, 0.1) is 0 Å². The molecule has 0 aliphatic carbocycles. The third kappa shape index (κ3) is 7.53. The maximum absolute atomic E-state index is 12.7. The van der Waals surface area contributed by atoms with Gasteiger partial charge in [0.25, 0.3) is 0 Å². The normalized spacial score (nSPS) is 13.4. The van der Waals surface area contributed by atoms with Crippen LogP contribution in [0.25, 0.3) is 0 Å². The summed E-state index contributed by atoms with van der Waals surface area (Å²) in [4.78, 5) is 25.0. The molecule has 0 bridgehead atoms. The molecule has 0 aromatic heterocycles. The van der Waals surface area contributed by atoms with Gasteiger partial charge in [-0.2, -0.15) is 0 Å². The van der Waals surface area contributed by atoms with Crippen molar-refractivity contribution in [1.29, 1.82) is 0 Å². The van der Waals surface area contributed by atoms with Crippen LogP contribution in [0.15, 0.2) is 60.7 Å². The van der Waals surface area contributed by atoms with Gasteiger partial charge < -0.3 is 9.47 Å². The molecule has 2 atom stereocenters. The molecule has 0 fully saturated rings. The van der Waals surface area contributed by atoms with E-state index in [1.54, 1.807) is 6.92 Å². The highest BCUT2D eigenvalue weighted by molar-refractivity contribution is 5.80. The van der Waals surface area contributed by atoms with Gasteiger partial charge >= 0.3 is 11.9 Å². The van der Waals surface area contributed by atoms with Crippen molar-refractivity contribution in [3.05, 3.63) is 71.8 Å². The van der Waals surface area contributed by atoms with Crippen molar-refractivity contribution in [1.82, 2.24) is 5.32 Å². The second-order valence-corrected chi connectivity index (χ2v) is 7.76. The van der Waals surface area contributed by atoms with Crippen LogP contribution in [-0.4, -0.2) is 29.6 Å². The van der Waals surface area contributed by atoms with E-state index in [1.807, 2.05) is 81.4 Å². The van der Waals surface area contributed by atoms with Crippen molar-refractivity contribution in [2.45, 2.75) is 58.4 Å². The molecular weight excluding hydrogens is 354 g/mol. The summed E-state index contributed by atoms with van der Waals surface area (Å²) in [6, 6.07) is 17.8. The third-order valence-corrected chi connectivity index (χ3v) is 4.00. The molecule has 0 aliphatic heterocycles. The van der Waals surface area contributed by atoms with E-state index >= 15 is 0 Å². The molecule has 5 nitrogen and oxygen atoms in total. The highest BCUT2D eigenvalue weighted by Crippen LogP contribution is 2.12. The minimum Gasteiger partial charge on any atom is -0.460 e. The molecule has 0 unspecified atom stereocenters. The van der Waals surface area contributed by atoms with Crippen molar-refractivity contribution in [3.8, 4) is 0 Å². The zero-order valence-electron chi connectivity index (χ0n) is 17.0. The number of esters is 2. The van der Waals surface area contributed by atoms with Gasteiger partial charge in [0.15, 0.2) is 0 Å². The lowest BCUT2D eigenvalue weighted by Crippen LogP contribution is -2.49. The van der Waals surface area contributed by atoms with Crippen LogP contribution in [0.3, 0.4) is 0 Å². The first-order valence-electron chi connectivity index (χ1n) is 9.48. The molecule has 0 amide bonds. The molecule has 2 rings (SSSR count). The molecule has 2 aromatic carbocycles. The second kappa shape index (κ2) is 10.0. The maximum Gasteiger partial charge on any atom is 0.324 e. The number of ether oxygens (including phenoxy) is 2. The quantitative estimate of drug-likeness (QED) is 0.705. The fourth-order valence-electron chi connectivity index (χ4n) is 2.66. The largest absolute Gasteiger partial charge is 0.460 e. The zero-order valence-corrected chi connectivity index (χ0v) is 17.0. The van der Waals surface area contributed by atoms with E-state index in [9.17, 15) is 9.59 Å². The third-order valence-electron chi connectivity index (χ3n) is 4.00. The SMILES string of the molecule is C[C@H](N[C@H](Cc1ccccc1)C(=O)OC(C)(C)C)C(=O)OCc1ccccc1. The Hall–Kier alpha value is -2.66. The molecule has 0 spiro atoms. The lowest BCUT2D eigenvalue weighted by Gasteiger charge is -2.26. The fourth-order valence-corrected chi connectivity index (χ4v) is 2.66. The van der Waals surface area contributed by atoms with E-state index in [1.165, 1.54) is 0 Å². The van der Waals surface area contributed by atoms with Crippen LogP contribution < -0.4 is 5.32 Å². The van der Waals surface area contributed by atoms with E-state index in [4.69, 9.17) is 9.47 Å². The van der Waals surface area contributed by atoms with E-state index in [0.717, 1.165) is 11.1 Å². The molecule has 0 saturated carbocycles. The number of hydrogen-bond donors (Lipinski definition) is 1. The van der Waals surface area contributed by atoms with Crippen LogP contribution in [0.2, 0.25) is 0 Å². The number of carbonyl (C=O) groups is 2. The first-order chi connectivity index (χ1) is 13.2. The van der Waals surface area contributed by atoms with Gasteiger partial charge in [-0.1, -0.05) is 60.7 Å². The topological polar surface area (TPSA) is 64.6 Å². The molecule has 0 saturated heterocycles. The summed E-state index contributed by atoms with van der Waals surface area (Å²) in [5.74, 6) is -0.801. The zero-order chi connectivity index (χ0) is 20.6. The second-order valence-electron chi connectivity index (χ2n) is 7.76. The minimum absolute atomic E-state index is 0.196. The Bertz CT molecular complexity index is 753. The number of nitrogens with one attached hydrogen (secondary N) is 1. The first-order valence-corrected chi connectivity index (χ1v) is 9.48. The lowest BCUT2D eigenvalue weighted by molar-refractivity contribution is -0.158. The van der Waals surface area contributed by atoms with Crippen LogP contribution >= 0.6 is 0 Å². The van der Waals surface area contributed by atoms with E-state index in [-0.39, 0.29) is 12.6 Å². The summed E-state index contributed by atoms with van der Waals surface area (Å²) in [6.45, 7) is 7.35. The minimum atomic E-state index is -0.652. The van der Waals surface area contributed by atoms with Crippen LogP contribution in [0.5, 0.6) is 0 Å². The molecule has 5 heteroatoms. The Morgan fingerprint density at radius 2 is 1.43 bits per heavy atom. The van der Waals surface area contributed by atoms with Crippen molar-refractivity contribution >= 4 is 11.9 Å². The van der Waals surface area contributed by atoms with Crippen LogP contribution in [0.4, 0.5) is 0 Å². The molecule has 0 aliphatic rings. The number of hydrogen-bond acceptors (Lipinski definition) is 5. The number of carbonyl (C=O) groups excluding carboxylic acids is 2. The van der Waals surface area contributed by atoms with Gasteiger partial charge in [-0.25, -0.2) is 0 Å². The summed E-state index contributed by atoms with van der Waals surface area (Å²) in [5.41, 5.74) is 1.29. The Morgan fingerprint density at radius 3 is 1.96 bits per heavy atom. The van der Waals surface area contributed by atoms with Crippen molar-refractivity contribution < 1.29 is 19.1 Å². The smallest absolute Gasteiger partial charge is 0.324 e. The predicted molar refractivity (Wildman–Crippen MR) is 109 cm³/mol. The van der Waals surface area contributed by atoms with Crippen molar-refractivity contribution in [2.75, 3.05) is 0 Å². The summed E-state index contributed by atoms with van der Waals surface area (Å²) in [7, 11) is 0. The Kier molecular flexibility index (Phi) is 7.76. The fraction of sp³-hybridized carbons (Fsp3) is 0.391. The highest BCUT2D eigenvalue weighted by Gasteiger charge is 2.28. The standard InChI is InChI=1S/C23H29NO4/c1-17(21(25)27-16-19-13-9-6-10-14-19)24-20(22(26)28-23(2,3)4)15-18-11-7-5-8-12-18/h5-14,17,20,24H,15-16H2,1-4H3/t17-,20+/m0/s1. The Balaban J connectivity index is 2.00. The Morgan fingerprint density at radius 1 is 0.893 bits per heavy atom. The molecular formula is C23H29NO4. The van der Waals surface area contributed by atoms with Gasteiger partial charge in [-0.3, -0.25) is 14.9 Å². The van der Waals surface area contributed by atoms with E-state index < -0.39 is 23.7 Å². The first kappa shape index (κ1) is 21.6.